The fourth-order valence-corrected chi connectivity index (χ4v) is 2.12. The standard InChI is InChI=1S/C14H29N3O2/c1-13(2,3)19-12(18)16-10-14(4,11-6-7-11)17-9-5-8-15/h11,17H,5-10,15H2,1-4H3,(H,16,18). The maximum atomic E-state index is 11.7. The normalized spacial score (nSPS) is 18.8. The summed E-state index contributed by atoms with van der Waals surface area (Å²) in [5.41, 5.74) is 5.01. The summed E-state index contributed by atoms with van der Waals surface area (Å²) in [6, 6.07) is 0. The zero-order valence-electron chi connectivity index (χ0n) is 12.7. The van der Waals surface area contributed by atoms with Gasteiger partial charge in [0.05, 0.1) is 0 Å². The summed E-state index contributed by atoms with van der Waals surface area (Å²) in [5.74, 6) is 0.639. The summed E-state index contributed by atoms with van der Waals surface area (Å²) in [5, 5.41) is 6.40. The highest BCUT2D eigenvalue weighted by Crippen LogP contribution is 2.39. The topological polar surface area (TPSA) is 76.4 Å². The quantitative estimate of drug-likeness (QED) is 0.615. The first-order chi connectivity index (χ1) is 8.77. The molecule has 1 unspecified atom stereocenters. The Labute approximate surface area is 116 Å². The second-order valence-electron chi connectivity index (χ2n) is 6.62. The number of carbonyl (C=O) groups excluding carboxylic acids is 1. The van der Waals surface area contributed by atoms with Crippen LogP contribution in [0.3, 0.4) is 0 Å². The van der Waals surface area contributed by atoms with Crippen LogP contribution in [0.5, 0.6) is 0 Å². The Balaban J connectivity index is 2.39. The second kappa shape index (κ2) is 6.57. The lowest BCUT2D eigenvalue weighted by Gasteiger charge is -2.32. The molecule has 0 aliphatic heterocycles. The zero-order chi connectivity index (χ0) is 14.5. The number of hydrogen-bond acceptors (Lipinski definition) is 4. The van der Waals surface area contributed by atoms with Gasteiger partial charge in [0.15, 0.2) is 0 Å². The predicted molar refractivity (Wildman–Crippen MR) is 77.0 cm³/mol. The van der Waals surface area contributed by atoms with Crippen molar-refractivity contribution in [2.24, 2.45) is 11.7 Å². The van der Waals surface area contributed by atoms with E-state index >= 15 is 0 Å². The van der Waals surface area contributed by atoms with Crippen molar-refractivity contribution in [2.45, 2.75) is 58.1 Å². The average Bonchev–Trinajstić information content (AvgIpc) is 3.08. The first-order valence-corrected chi connectivity index (χ1v) is 7.19. The molecule has 0 aromatic rings. The first kappa shape index (κ1) is 16.2. The lowest BCUT2D eigenvalue weighted by atomic mass is 9.95. The van der Waals surface area contributed by atoms with Crippen LogP contribution in [0.1, 0.15) is 47.0 Å². The molecule has 1 aliphatic carbocycles. The van der Waals surface area contributed by atoms with Gasteiger partial charge in [0, 0.05) is 12.1 Å². The van der Waals surface area contributed by atoms with Crippen molar-refractivity contribution in [2.75, 3.05) is 19.6 Å². The number of ether oxygens (including phenoxy) is 1. The third-order valence-electron chi connectivity index (χ3n) is 3.39. The van der Waals surface area contributed by atoms with E-state index in [4.69, 9.17) is 10.5 Å². The molecule has 1 saturated carbocycles. The van der Waals surface area contributed by atoms with Crippen LogP contribution in [0, 0.1) is 5.92 Å². The van der Waals surface area contributed by atoms with Gasteiger partial charge in [0.2, 0.25) is 0 Å². The summed E-state index contributed by atoms with van der Waals surface area (Å²) in [6.45, 7) is 9.94. The molecule has 1 fully saturated rings. The SMILES string of the molecule is CC(C)(C)OC(=O)NCC(C)(NCCCN)C1CC1. The fraction of sp³-hybridized carbons (Fsp3) is 0.929. The van der Waals surface area contributed by atoms with E-state index in [0.717, 1.165) is 13.0 Å². The second-order valence-corrected chi connectivity index (χ2v) is 6.62. The van der Waals surface area contributed by atoms with E-state index in [1.54, 1.807) is 0 Å². The van der Waals surface area contributed by atoms with Gasteiger partial charge in [-0.05, 0) is 66.0 Å². The highest BCUT2D eigenvalue weighted by atomic mass is 16.6. The van der Waals surface area contributed by atoms with Gasteiger partial charge in [-0.1, -0.05) is 0 Å². The molecule has 1 amide bonds. The lowest BCUT2D eigenvalue weighted by Crippen LogP contribution is -2.54. The van der Waals surface area contributed by atoms with Crippen LogP contribution >= 0.6 is 0 Å². The molecule has 112 valence electrons. The Hall–Kier alpha value is -0.810. The van der Waals surface area contributed by atoms with Crippen LogP contribution in [0.25, 0.3) is 0 Å². The number of amides is 1. The molecule has 1 aliphatic rings. The molecule has 0 bridgehead atoms. The Morgan fingerprint density at radius 2 is 1.95 bits per heavy atom. The van der Waals surface area contributed by atoms with Crippen LogP contribution < -0.4 is 16.4 Å². The summed E-state index contributed by atoms with van der Waals surface area (Å²) < 4.78 is 5.26. The van der Waals surface area contributed by atoms with E-state index in [9.17, 15) is 4.79 Å². The first-order valence-electron chi connectivity index (χ1n) is 7.19. The maximum Gasteiger partial charge on any atom is 0.407 e. The van der Waals surface area contributed by atoms with Crippen LogP contribution in [-0.4, -0.2) is 36.9 Å². The minimum atomic E-state index is -0.451. The summed E-state index contributed by atoms with van der Waals surface area (Å²) in [7, 11) is 0. The van der Waals surface area contributed by atoms with Gasteiger partial charge in [-0.15, -0.1) is 0 Å². The highest BCUT2D eigenvalue weighted by molar-refractivity contribution is 5.67. The lowest BCUT2D eigenvalue weighted by molar-refractivity contribution is 0.0508. The van der Waals surface area contributed by atoms with Crippen LogP contribution in [0.15, 0.2) is 0 Å². The number of rotatable bonds is 7. The van der Waals surface area contributed by atoms with Crippen molar-refractivity contribution in [1.82, 2.24) is 10.6 Å². The van der Waals surface area contributed by atoms with Crippen molar-refractivity contribution in [3.8, 4) is 0 Å². The predicted octanol–water partition coefficient (Wildman–Crippen LogP) is 1.62. The van der Waals surface area contributed by atoms with Crippen molar-refractivity contribution in [3.63, 3.8) is 0 Å². The number of nitrogens with two attached hydrogens (primary N) is 1. The van der Waals surface area contributed by atoms with Crippen molar-refractivity contribution in [3.05, 3.63) is 0 Å². The van der Waals surface area contributed by atoms with E-state index in [2.05, 4.69) is 17.6 Å². The summed E-state index contributed by atoms with van der Waals surface area (Å²) in [6.07, 6.45) is 3.05. The molecule has 0 heterocycles. The van der Waals surface area contributed by atoms with Crippen molar-refractivity contribution in [1.29, 1.82) is 0 Å². The molecular weight excluding hydrogens is 242 g/mol. The van der Waals surface area contributed by atoms with Gasteiger partial charge in [0.1, 0.15) is 5.60 Å². The summed E-state index contributed by atoms with van der Waals surface area (Å²) >= 11 is 0. The van der Waals surface area contributed by atoms with Gasteiger partial charge in [-0.25, -0.2) is 4.79 Å². The molecule has 19 heavy (non-hydrogen) atoms. The Kier molecular flexibility index (Phi) is 5.62. The molecule has 0 radical (unpaired) electrons. The number of alkyl carbamates (subject to hydrolysis) is 1. The van der Waals surface area contributed by atoms with Crippen molar-refractivity contribution >= 4 is 6.09 Å². The minimum Gasteiger partial charge on any atom is -0.444 e. The number of nitrogens with one attached hydrogen (secondary N) is 2. The highest BCUT2D eigenvalue weighted by Gasteiger charge is 2.41. The third-order valence-corrected chi connectivity index (χ3v) is 3.39. The van der Waals surface area contributed by atoms with Gasteiger partial charge in [0.25, 0.3) is 0 Å². The third kappa shape index (κ3) is 6.25. The molecule has 4 N–H and O–H groups in total. The van der Waals surface area contributed by atoms with E-state index in [1.165, 1.54) is 12.8 Å². The molecule has 5 heteroatoms. The van der Waals surface area contributed by atoms with Crippen molar-refractivity contribution < 1.29 is 9.53 Å². The molecule has 0 saturated heterocycles. The van der Waals surface area contributed by atoms with Gasteiger partial charge < -0.3 is 21.1 Å². The van der Waals surface area contributed by atoms with E-state index in [-0.39, 0.29) is 11.6 Å². The molecule has 5 nitrogen and oxygen atoms in total. The molecule has 0 aromatic heterocycles. The molecular formula is C14H29N3O2. The van der Waals surface area contributed by atoms with Gasteiger partial charge in [-0.2, -0.15) is 0 Å². The maximum absolute atomic E-state index is 11.7. The Morgan fingerprint density at radius 1 is 1.32 bits per heavy atom. The van der Waals surface area contributed by atoms with Gasteiger partial charge in [-0.3, -0.25) is 0 Å². The van der Waals surface area contributed by atoms with Gasteiger partial charge >= 0.3 is 6.09 Å². The average molecular weight is 271 g/mol. The number of carbonyl (C=O) groups is 1. The molecule has 0 spiro atoms. The smallest absolute Gasteiger partial charge is 0.407 e. The molecule has 1 atom stereocenters. The summed E-state index contributed by atoms with van der Waals surface area (Å²) in [4.78, 5) is 11.7. The number of hydrogen-bond donors (Lipinski definition) is 3. The van der Waals surface area contributed by atoms with E-state index in [1.807, 2.05) is 20.8 Å². The fourth-order valence-electron chi connectivity index (χ4n) is 2.12. The van der Waals surface area contributed by atoms with E-state index in [0.29, 0.717) is 19.0 Å². The van der Waals surface area contributed by atoms with Crippen LogP contribution in [-0.2, 0) is 4.74 Å². The molecule has 0 aromatic carbocycles. The minimum absolute atomic E-state index is 0.0495. The Morgan fingerprint density at radius 3 is 2.42 bits per heavy atom. The van der Waals surface area contributed by atoms with Crippen LogP contribution in [0.2, 0.25) is 0 Å². The largest absolute Gasteiger partial charge is 0.444 e. The monoisotopic (exact) mass is 271 g/mol. The van der Waals surface area contributed by atoms with E-state index < -0.39 is 5.60 Å². The zero-order valence-corrected chi connectivity index (χ0v) is 12.7. The molecule has 1 rings (SSSR count). The van der Waals surface area contributed by atoms with Crippen LogP contribution in [0.4, 0.5) is 4.79 Å². The Bertz CT molecular complexity index is 298.